The maximum atomic E-state index is 4.67. The molecule has 0 N–H and O–H groups in total. The summed E-state index contributed by atoms with van der Waals surface area (Å²) in [5.41, 5.74) is 3.58. The second-order valence-corrected chi connectivity index (χ2v) is 7.57. The topological polar surface area (TPSA) is 25.8 Å². The Morgan fingerprint density at radius 3 is 2.26 bits per heavy atom. The van der Waals surface area contributed by atoms with E-state index < -0.39 is 0 Å². The average Bonchev–Trinajstić information content (AvgIpc) is 2.24. The molecule has 0 aliphatic carbocycles. The van der Waals surface area contributed by atoms with Crippen molar-refractivity contribution in [1.29, 1.82) is 0 Å². The fourth-order valence-corrected chi connectivity index (χ4v) is 2.18. The van der Waals surface area contributed by atoms with Gasteiger partial charge in [-0.1, -0.05) is 41.5 Å². The first kappa shape index (κ1) is 14.0. The molecule has 19 heavy (non-hydrogen) atoms. The first-order valence-corrected chi connectivity index (χ1v) is 6.91. The van der Waals surface area contributed by atoms with Crippen LogP contribution in [0.4, 0.5) is 0 Å². The molecule has 0 fully saturated rings. The van der Waals surface area contributed by atoms with Crippen molar-refractivity contribution in [3.8, 4) is 0 Å². The summed E-state index contributed by atoms with van der Waals surface area (Å²) in [5, 5.41) is 1.13. The minimum atomic E-state index is 0.0694. The molecule has 0 atom stereocenters. The van der Waals surface area contributed by atoms with Crippen molar-refractivity contribution in [3.05, 3.63) is 35.7 Å². The molecule has 2 aromatic heterocycles. The monoisotopic (exact) mass is 256 g/mol. The molecule has 0 amide bonds. The van der Waals surface area contributed by atoms with Crippen molar-refractivity contribution < 1.29 is 0 Å². The van der Waals surface area contributed by atoms with E-state index in [-0.39, 0.29) is 10.8 Å². The van der Waals surface area contributed by atoms with Gasteiger partial charge in [0.15, 0.2) is 5.65 Å². The maximum absolute atomic E-state index is 4.67. The third-order valence-corrected chi connectivity index (χ3v) is 3.10. The van der Waals surface area contributed by atoms with Crippen LogP contribution in [0.2, 0.25) is 0 Å². The van der Waals surface area contributed by atoms with Gasteiger partial charge in [0.1, 0.15) is 0 Å². The zero-order chi connectivity index (χ0) is 14.3. The molecule has 0 spiro atoms. The van der Waals surface area contributed by atoms with E-state index in [0.29, 0.717) is 0 Å². The molecule has 2 aromatic rings. The molecule has 0 bridgehead atoms. The minimum absolute atomic E-state index is 0.0694. The summed E-state index contributed by atoms with van der Waals surface area (Å²) in [5.74, 6) is 0. The van der Waals surface area contributed by atoms with E-state index >= 15 is 0 Å². The van der Waals surface area contributed by atoms with Gasteiger partial charge in [0.25, 0.3) is 0 Å². The van der Waals surface area contributed by atoms with Gasteiger partial charge in [0.05, 0.1) is 0 Å². The van der Waals surface area contributed by atoms with Gasteiger partial charge >= 0.3 is 0 Å². The second-order valence-electron chi connectivity index (χ2n) is 7.57. The van der Waals surface area contributed by atoms with Crippen molar-refractivity contribution in [2.24, 2.45) is 5.41 Å². The van der Waals surface area contributed by atoms with Gasteiger partial charge < -0.3 is 0 Å². The van der Waals surface area contributed by atoms with E-state index in [1.54, 1.807) is 0 Å². The Labute approximate surface area is 116 Å². The average molecular weight is 256 g/mol. The Morgan fingerprint density at radius 1 is 1.00 bits per heavy atom. The highest BCUT2D eigenvalue weighted by molar-refractivity contribution is 5.75. The number of fused-ring (bicyclic) bond motifs is 1. The normalized spacial score (nSPS) is 12.9. The molecule has 2 heterocycles. The standard InChI is InChI=1S/C17H24N2/c1-16(2,3)10-12-9-13-7-8-14(17(4,5)6)19-15(13)18-11-12/h7-9,11H,10H2,1-6H3. The van der Waals surface area contributed by atoms with Crippen LogP contribution in [-0.4, -0.2) is 9.97 Å². The van der Waals surface area contributed by atoms with Crippen LogP contribution in [0.3, 0.4) is 0 Å². The molecule has 2 nitrogen and oxygen atoms in total. The lowest BCUT2D eigenvalue weighted by Gasteiger charge is -2.19. The molecule has 0 aromatic carbocycles. The smallest absolute Gasteiger partial charge is 0.159 e. The molecule has 102 valence electrons. The van der Waals surface area contributed by atoms with Crippen LogP contribution in [-0.2, 0) is 11.8 Å². The molecular formula is C17H24N2. The van der Waals surface area contributed by atoms with E-state index in [2.05, 4.69) is 69.7 Å². The summed E-state index contributed by atoms with van der Waals surface area (Å²) in [6.45, 7) is 13.3. The molecule has 2 heteroatoms. The first-order valence-electron chi connectivity index (χ1n) is 6.91. The maximum Gasteiger partial charge on any atom is 0.159 e. The van der Waals surface area contributed by atoms with E-state index in [0.717, 1.165) is 23.1 Å². The summed E-state index contributed by atoms with van der Waals surface area (Å²) >= 11 is 0. The van der Waals surface area contributed by atoms with Gasteiger partial charge in [-0.2, -0.15) is 0 Å². The number of aromatic nitrogens is 2. The fraction of sp³-hybridized carbons (Fsp3) is 0.529. The summed E-state index contributed by atoms with van der Waals surface area (Å²) in [6, 6.07) is 6.47. The zero-order valence-corrected chi connectivity index (χ0v) is 12.9. The highest BCUT2D eigenvalue weighted by atomic mass is 14.8. The lowest BCUT2D eigenvalue weighted by molar-refractivity contribution is 0.411. The molecule has 0 saturated carbocycles. The number of rotatable bonds is 1. The van der Waals surface area contributed by atoms with E-state index in [1.807, 2.05) is 6.20 Å². The summed E-state index contributed by atoms with van der Waals surface area (Å²) in [6.07, 6.45) is 3.00. The molecule has 0 aliphatic rings. The van der Waals surface area contributed by atoms with Crippen molar-refractivity contribution in [2.75, 3.05) is 0 Å². The Balaban J connectivity index is 2.41. The van der Waals surface area contributed by atoms with Crippen LogP contribution in [0.25, 0.3) is 11.0 Å². The number of nitrogens with zero attached hydrogens (tertiary/aromatic N) is 2. The Kier molecular flexibility index (Phi) is 3.38. The van der Waals surface area contributed by atoms with Gasteiger partial charge in [-0.05, 0) is 35.6 Å². The predicted molar refractivity (Wildman–Crippen MR) is 81.4 cm³/mol. The van der Waals surface area contributed by atoms with Crippen LogP contribution in [0.5, 0.6) is 0 Å². The SMILES string of the molecule is CC(C)(C)Cc1cnc2nc(C(C)(C)C)ccc2c1. The highest BCUT2D eigenvalue weighted by Gasteiger charge is 2.16. The van der Waals surface area contributed by atoms with Crippen LogP contribution in [0, 0.1) is 5.41 Å². The summed E-state index contributed by atoms with van der Waals surface area (Å²) in [7, 11) is 0. The Hall–Kier alpha value is -1.44. The minimum Gasteiger partial charge on any atom is -0.236 e. The fourth-order valence-electron chi connectivity index (χ4n) is 2.18. The number of hydrogen-bond donors (Lipinski definition) is 0. The van der Waals surface area contributed by atoms with Crippen LogP contribution < -0.4 is 0 Å². The van der Waals surface area contributed by atoms with Gasteiger partial charge in [-0.15, -0.1) is 0 Å². The molecule has 0 unspecified atom stereocenters. The van der Waals surface area contributed by atoms with E-state index in [9.17, 15) is 0 Å². The lowest BCUT2D eigenvalue weighted by Crippen LogP contribution is -2.13. The Bertz CT molecular complexity index is 586. The third kappa shape index (κ3) is 3.52. The predicted octanol–water partition coefficient (Wildman–Crippen LogP) is 4.52. The third-order valence-electron chi connectivity index (χ3n) is 3.10. The van der Waals surface area contributed by atoms with Gasteiger partial charge in [-0.3, -0.25) is 0 Å². The second kappa shape index (κ2) is 4.59. The molecular weight excluding hydrogens is 232 g/mol. The Morgan fingerprint density at radius 2 is 1.68 bits per heavy atom. The van der Waals surface area contributed by atoms with Gasteiger partial charge in [0, 0.05) is 22.7 Å². The summed E-state index contributed by atoms with van der Waals surface area (Å²) < 4.78 is 0. The van der Waals surface area contributed by atoms with Crippen LogP contribution in [0.1, 0.15) is 52.8 Å². The van der Waals surface area contributed by atoms with E-state index in [1.165, 1.54) is 5.56 Å². The van der Waals surface area contributed by atoms with Crippen molar-refractivity contribution in [1.82, 2.24) is 9.97 Å². The van der Waals surface area contributed by atoms with Crippen molar-refractivity contribution in [3.63, 3.8) is 0 Å². The van der Waals surface area contributed by atoms with Crippen LogP contribution in [0.15, 0.2) is 24.4 Å². The molecule has 0 saturated heterocycles. The number of hydrogen-bond acceptors (Lipinski definition) is 2. The van der Waals surface area contributed by atoms with Gasteiger partial charge in [0.2, 0.25) is 0 Å². The molecule has 0 aliphatic heterocycles. The number of pyridine rings is 2. The van der Waals surface area contributed by atoms with Gasteiger partial charge in [-0.25, -0.2) is 9.97 Å². The van der Waals surface area contributed by atoms with Crippen LogP contribution >= 0.6 is 0 Å². The highest BCUT2D eigenvalue weighted by Crippen LogP contribution is 2.24. The van der Waals surface area contributed by atoms with Crippen molar-refractivity contribution in [2.45, 2.75) is 53.4 Å². The summed E-state index contributed by atoms with van der Waals surface area (Å²) in [4.78, 5) is 9.20. The van der Waals surface area contributed by atoms with Crippen molar-refractivity contribution >= 4 is 11.0 Å². The molecule has 0 radical (unpaired) electrons. The lowest BCUT2D eigenvalue weighted by atomic mass is 9.88. The van der Waals surface area contributed by atoms with E-state index in [4.69, 9.17) is 0 Å². The first-order chi connectivity index (χ1) is 8.65. The quantitative estimate of drug-likeness (QED) is 0.750. The molecule has 2 rings (SSSR count). The zero-order valence-electron chi connectivity index (χ0n) is 12.9. The largest absolute Gasteiger partial charge is 0.236 e.